The third-order valence-electron chi connectivity index (χ3n) is 4.51. The molecule has 2 aliphatic rings. The molecule has 2 fully saturated rings. The summed E-state index contributed by atoms with van der Waals surface area (Å²) >= 11 is 0.746. The summed E-state index contributed by atoms with van der Waals surface area (Å²) in [5, 5.41) is 2.17. The van der Waals surface area contributed by atoms with Gasteiger partial charge in [-0.05, 0) is 36.7 Å². The van der Waals surface area contributed by atoms with Crippen molar-refractivity contribution < 1.29 is 33.4 Å². The molecule has 0 bridgehead atoms. The highest BCUT2D eigenvalue weighted by atomic mass is 32.2. The second kappa shape index (κ2) is 10.3. The number of ether oxygens (including phenoxy) is 3. The Morgan fingerprint density at radius 3 is 2.87 bits per heavy atom. The van der Waals surface area contributed by atoms with Gasteiger partial charge in [0.15, 0.2) is 6.61 Å². The van der Waals surface area contributed by atoms with Crippen molar-refractivity contribution in [3.05, 3.63) is 34.7 Å². The SMILES string of the molecule is COC(=O)COc1ccccc1/C=C1\SC(=O)N(CC(=O)NC[C@H]2CCCO2)C1=O. The molecule has 3 rings (SSSR count). The first kappa shape index (κ1) is 21.8. The summed E-state index contributed by atoms with van der Waals surface area (Å²) in [5.41, 5.74) is 0.523. The first-order valence-corrected chi connectivity index (χ1v) is 10.2. The third kappa shape index (κ3) is 5.61. The van der Waals surface area contributed by atoms with E-state index in [4.69, 9.17) is 9.47 Å². The third-order valence-corrected chi connectivity index (χ3v) is 5.41. The van der Waals surface area contributed by atoms with E-state index in [1.165, 1.54) is 13.2 Å². The van der Waals surface area contributed by atoms with Crippen LogP contribution in [0.3, 0.4) is 0 Å². The number of para-hydroxylation sites is 1. The molecule has 160 valence electrons. The van der Waals surface area contributed by atoms with Gasteiger partial charge in [0.2, 0.25) is 5.91 Å². The topological polar surface area (TPSA) is 111 Å². The van der Waals surface area contributed by atoms with E-state index in [9.17, 15) is 19.2 Å². The quantitative estimate of drug-likeness (QED) is 0.485. The van der Waals surface area contributed by atoms with Gasteiger partial charge in [0.25, 0.3) is 11.1 Å². The summed E-state index contributed by atoms with van der Waals surface area (Å²) in [4.78, 5) is 49.4. The Labute approximate surface area is 177 Å². The number of imide groups is 1. The smallest absolute Gasteiger partial charge is 0.343 e. The van der Waals surface area contributed by atoms with Gasteiger partial charge in [0.05, 0.1) is 18.1 Å². The number of carbonyl (C=O) groups excluding carboxylic acids is 4. The van der Waals surface area contributed by atoms with Gasteiger partial charge in [0.1, 0.15) is 12.3 Å². The highest BCUT2D eigenvalue weighted by molar-refractivity contribution is 8.18. The van der Waals surface area contributed by atoms with Gasteiger partial charge in [0, 0.05) is 18.7 Å². The molecule has 1 atom stereocenters. The number of rotatable bonds is 8. The minimum Gasteiger partial charge on any atom is -0.481 e. The molecule has 0 radical (unpaired) electrons. The molecule has 2 saturated heterocycles. The lowest BCUT2D eigenvalue weighted by Crippen LogP contribution is -2.41. The van der Waals surface area contributed by atoms with Gasteiger partial charge in [-0.1, -0.05) is 18.2 Å². The lowest BCUT2D eigenvalue weighted by molar-refractivity contribution is -0.142. The van der Waals surface area contributed by atoms with E-state index < -0.39 is 23.0 Å². The van der Waals surface area contributed by atoms with Gasteiger partial charge >= 0.3 is 5.97 Å². The first-order valence-electron chi connectivity index (χ1n) is 9.40. The zero-order chi connectivity index (χ0) is 21.5. The monoisotopic (exact) mass is 434 g/mol. The number of benzene rings is 1. The zero-order valence-electron chi connectivity index (χ0n) is 16.4. The normalized spacial score (nSPS) is 20.0. The van der Waals surface area contributed by atoms with E-state index in [0.717, 1.165) is 29.5 Å². The minimum atomic E-state index is -0.556. The molecule has 2 heterocycles. The largest absolute Gasteiger partial charge is 0.481 e. The van der Waals surface area contributed by atoms with E-state index in [2.05, 4.69) is 10.1 Å². The summed E-state index contributed by atoms with van der Waals surface area (Å²) < 4.78 is 15.4. The van der Waals surface area contributed by atoms with Crippen molar-refractivity contribution in [3.63, 3.8) is 0 Å². The maximum atomic E-state index is 12.6. The van der Waals surface area contributed by atoms with Crippen LogP contribution in [-0.4, -0.2) is 67.4 Å². The molecule has 9 nitrogen and oxygen atoms in total. The molecule has 0 saturated carbocycles. The molecule has 0 spiro atoms. The van der Waals surface area contributed by atoms with Crippen LogP contribution in [0.5, 0.6) is 5.75 Å². The molecular weight excluding hydrogens is 412 g/mol. The predicted octanol–water partition coefficient (Wildman–Crippen LogP) is 1.57. The molecule has 30 heavy (non-hydrogen) atoms. The Hall–Kier alpha value is -2.85. The lowest BCUT2D eigenvalue weighted by Gasteiger charge is -2.14. The fraction of sp³-hybridized carbons (Fsp3) is 0.400. The molecule has 0 aliphatic carbocycles. The number of esters is 1. The van der Waals surface area contributed by atoms with Gasteiger partial charge in [-0.15, -0.1) is 0 Å². The molecule has 0 unspecified atom stereocenters. The Morgan fingerprint density at radius 1 is 1.33 bits per heavy atom. The number of methoxy groups -OCH3 is 1. The van der Waals surface area contributed by atoms with Crippen molar-refractivity contribution in [2.45, 2.75) is 18.9 Å². The number of carbonyl (C=O) groups is 4. The van der Waals surface area contributed by atoms with Crippen molar-refractivity contribution >= 4 is 40.9 Å². The average Bonchev–Trinajstić information content (AvgIpc) is 3.35. The molecule has 0 aromatic heterocycles. The Bertz CT molecular complexity index is 864. The van der Waals surface area contributed by atoms with Crippen molar-refractivity contribution in [1.29, 1.82) is 0 Å². The van der Waals surface area contributed by atoms with Crippen LogP contribution in [0.15, 0.2) is 29.2 Å². The van der Waals surface area contributed by atoms with E-state index in [-0.39, 0.29) is 24.2 Å². The summed E-state index contributed by atoms with van der Waals surface area (Å²) in [6.07, 6.45) is 3.31. The van der Waals surface area contributed by atoms with Crippen LogP contribution < -0.4 is 10.1 Å². The van der Waals surface area contributed by atoms with Crippen LogP contribution in [0.25, 0.3) is 6.08 Å². The number of hydrogen-bond donors (Lipinski definition) is 1. The second-order valence-corrected chi connectivity index (χ2v) is 7.60. The van der Waals surface area contributed by atoms with Crippen molar-refractivity contribution in [3.8, 4) is 5.75 Å². The highest BCUT2D eigenvalue weighted by Crippen LogP contribution is 2.33. The van der Waals surface area contributed by atoms with Crippen molar-refractivity contribution in [2.24, 2.45) is 0 Å². The number of amides is 3. The van der Waals surface area contributed by atoms with E-state index in [1.807, 2.05) is 0 Å². The molecule has 1 aromatic carbocycles. The summed E-state index contributed by atoms with van der Waals surface area (Å²) in [7, 11) is 1.25. The predicted molar refractivity (Wildman–Crippen MR) is 109 cm³/mol. The Morgan fingerprint density at radius 2 is 2.13 bits per heavy atom. The van der Waals surface area contributed by atoms with Crippen molar-refractivity contribution in [2.75, 3.05) is 33.4 Å². The van der Waals surface area contributed by atoms with Crippen molar-refractivity contribution in [1.82, 2.24) is 10.2 Å². The van der Waals surface area contributed by atoms with E-state index in [0.29, 0.717) is 24.5 Å². The van der Waals surface area contributed by atoms with Crippen LogP contribution in [0.1, 0.15) is 18.4 Å². The molecule has 1 aromatic rings. The van der Waals surface area contributed by atoms with E-state index in [1.54, 1.807) is 24.3 Å². The summed E-state index contributed by atoms with van der Waals surface area (Å²) in [5.74, 6) is -1.15. The molecule has 1 N–H and O–H groups in total. The number of hydrogen-bond acceptors (Lipinski definition) is 8. The first-order chi connectivity index (χ1) is 14.5. The minimum absolute atomic E-state index is 0.0229. The molecule has 3 amide bonds. The van der Waals surface area contributed by atoms with Crippen LogP contribution in [0.4, 0.5) is 4.79 Å². The fourth-order valence-electron chi connectivity index (χ4n) is 2.94. The fourth-order valence-corrected chi connectivity index (χ4v) is 3.77. The number of nitrogens with zero attached hydrogens (tertiary/aromatic N) is 1. The molecule has 2 aliphatic heterocycles. The van der Waals surface area contributed by atoms with E-state index >= 15 is 0 Å². The Balaban J connectivity index is 1.63. The maximum Gasteiger partial charge on any atom is 0.343 e. The van der Waals surface area contributed by atoms with Gasteiger partial charge in [-0.2, -0.15) is 0 Å². The summed E-state index contributed by atoms with van der Waals surface area (Å²) in [6.45, 7) is 0.401. The molecular formula is C20H22N2O7S. The van der Waals surface area contributed by atoms with Crippen LogP contribution in [0, 0.1) is 0 Å². The zero-order valence-corrected chi connectivity index (χ0v) is 17.2. The lowest BCUT2D eigenvalue weighted by atomic mass is 10.2. The molecule has 10 heteroatoms. The number of nitrogens with one attached hydrogen (secondary N) is 1. The van der Waals surface area contributed by atoms with Crippen LogP contribution in [0.2, 0.25) is 0 Å². The maximum absolute atomic E-state index is 12.6. The van der Waals surface area contributed by atoms with Crippen LogP contribution >= 0.6 is 11.8 Å². The van der Waals surface area contributed by atoms with Gasteiger partial charge in [-0.25, -0.2) is 4.79 Å². The van der Waals surface area contributed by atoms with Gasteiger partial charge < -0.3 is 19.5 Å². The van der Waals surface area contributed by atoms with Crippen LogP contribution in [-0.2, 0) is 23.9 Å². The second-order valence-electron chi connectivity index (χ2n) is 6.61. The summed E-state index contributed by atoms with van der Waals surface area (Å²) in [6, 6.07) is 6.78. The average molecular weight is 434 g/mol. The highest BCUT2D eigenvalue weighted by Gasteiger charge is 2.36. The van der Waals surface area contributed by atoms with Gasteiger partial charge in [-0.3, -0.25) is 19.3 Å². The standard InChI is InChI=1S/C20H22N2O7S/c1-27-18(24)12-29-15-7-3-2-5-13(15)9-16-19(25)22(20(26)30-16)11-17(23)21-10-14-6-4-8-28-14/h2-3,5,7,9,14H,4,6,8,10-12H2,1H3,(H,21,23)/b16-9-/t14-/m1/s1. The Kier molecular flexibility index (Phi) is 7.47. The number of thioether (sulfide) groups is 1.